The summed E-state index contributed by atoms with van der Waals surface area (Å²) in [5.41, 5.74) is 7.58. The van der Waals surface area contributed by atoms with Gasteiger partial charge in [0.2, 0.25) is 0 Å². The minimum Gasteiger partial charge on any atom is -0.375 e. The van der Waals surface area contributed by atoms with Crippen molar-refractivity contribution < 1.29 is 0 Å². The molecule has 3 nitrogen and oxygen atoms in total. The average molecular weight is 179 g/mol. The second-order valence-corrected chi connectivity index (χ2v) is 3.46. The predicted octanol–water partition coefficient (Wildman–Crippen LogP) is 1.73. The molecular weight excluding hydrogens is 170 g/mol. The Balaban J connectivity index is 2.50. The maximum absolute atomic E-state index is 5.53. The lowest BCUT2D eigenvalue weighted by atomic mass is 10.3. The summed E-state index contributed by atoms with van der Waals surface area (Å²) in [6.45, 7) is 0. The van der Waals surface area contributed by atoms with E-state index >= 15 is 0 Å². The van der Waals surface area contributed by atoms with Gasteiger partial charge < -0.3 is 10.3 Å². The fraction of sp³-hybridized carbons (Fsp3) is 0.125. The zero-order chi connectivity index (χ0) is 8.55. The molecule has 0 spiro atoms. The molecular formula is C8H9N3S. The predicted molar refractivity (Wildman–Crippen MR) is 50.9 cm³/mol. The Bertz CT molecular complexity index is 388. The van der Waals surface area contributed by atoms with Gasteiger partial charge in [-0.1, -0.05) is 0 Å². The van der Waals surface area contributed by atoms with E-state index in [1.165, 1.54) is 11.3 Å². The average Bonchev–Trinajstić information content (AvgIpc) is 2.58. The molecule has 2 aromatic heterocycles. The van der Waals surface area contributed by atoms with E-state index in [1.807, 2.05) is 35.3 Å². The van der Waals surface area contributed by atoms with Gasteiger partial charge in [-0.05, 0) is 12.1 Å². The number of anilines is 1. The van der Waals surface area contributed by atoms with Crippen molar-refractivity contribution in [1.82, 2.24) is 9.55 Å². The van der Waals surface area contributed by atoms with Gasteiger partial charge in [-0.3, -0.25) is 0 Å². The second-order valence-electron chi connectivity index (χ2n) is 2.58. The third kappa shape index (κ3) is 1.10. The van der Waals surface area contributed by atoms with Crippen LogP contribution in [-0.2, 0) is 7.05 Å². The molecule has 0 bridgehead atoms. The van der Waals surface area contributed by atoms with Gasteiger partial charge in [-0.2, -0.15) is 0 Å². The molecule has 0 amide bonds. The molecule has 0 saturated heterocycles. The summed E-state index contributed by atoms with van der Waals surface area (Å²) in [5.74, 6) is 0. The van der Waals surface area contributed by atoms with Gasteiger partial charge in [0, 0.05) is 18.6 Å². The molecule has 2 aromatic rings. The molecule has 0 fully saturated rings. The van der Waals surface area contributed by atoms with Gasteiger partial charge in [-0.25, -0.2) is 4.98 Å². The Morgan fingerprint density at radius 2 is 2.42 bits per heavy atom. The standard InChI is InChI=1S/C8H9N3S/c1-11-4-2-3-7(11)6-5-12-8(9)10-6/h2-5H,1H3,(H2,9,10). The van der Waals surface area contributed by atoms with Crippen LogP contribution in [0, 0.1) is 0 Å². The summed E-state index contributed by atoms with van der Waals surface area (Å²) in [5, 5.41) is 2.58. The Hall–Kier alpha value is -1.29. The molecule has 0 aliphatic rings. The molecule has 62 valence electrons. The smallest absolute Gasteiger partial charge is 0.180 e. The van der Waals surface area contributed by atoms with Crippen LogP contribution in [0.5, 0.6) is 0 Å². The first kappa shape index (κ1) is 7.36. The third-order valence-electron chi connectivity index (χ3n) is 1.73. The Kier molecular flexibility index (Phi) is 1.62. The summed E-state index contributed by atoms with van der Waals surface area (Å²) >= 11 is 1.46. The van der Waals surface area contributed by atoms with E-state index in [-0.39, 0.29) is 0 Å². The first-order chi connectivity index (χ1) is 5.77. The van der Waals surface area contributed by atoms with Crippen molar-refractivity contribution in [3.05, 3.63) is 23.7 Å². The van der Waals surface area contributed by atoms with Crippen molar-refractivity contribution in [3.63, 3.8) is 0 Å². The molecule has 0 aliphatic carbocycles. The van der Waals surface area contributed by atoms with Gasteiger partial charge in [0.05, 0.1) is 11.4 Å². The van der Waals surface area contributed by atoms with E-state index in [0.717, 1.165) is 11.4 Å². The highest BCUT2D eigenvalue weighted by Gasteiger charge is 2.03. The van der Waals surface area contributed by atoms with E-state index in [4.69, 9.17) is 5.73 Å². The highest BCUT2D eigenvalue weighted by atomic mass is 32.1. The molecule has 0 saturated carbocycles. The maximum atomic E-state index is 5.53. The molecule has 2 heterocycles. The number of aromatic nitrogens is 2. The minimum absolute atomic E-state index is 0.617. The van der Waals surface area contributed by atoms with E-state index in [1.54, 1.807) is 0 Å². The quantitative estimate of drug-likeness (QED) is 0.724. The van der Waals surface area contributed by atoms with Crippen LogP contribution in [0.15, 0.2) is 23.7 Å². The first-order valence-electron chi connectivity index (χ1n) is 3.60. The fourth-order valence-corrected chi connectivity index (χ4v) is 1.69. The summed E-state index contributed by atoms with van der Waals surface area (Å²) in [4.78, 5) is 4.19. The van der Waals surface area contributed by atoms with Crippen LogP contribution < -0.4 is 5.73 Å². The zero-order valence-electron chi connectivity index (χ0n) is 6.69. The number of nitrogens with zero attached hydrogens (tertiary/aromatic N) is 2. The third-order valence-corrected chi connectivity index (χ3v) is 2.40. The van der Waals surface area contributed by atoms with Gasteiger partial charge in [-0.15, -0.1) is 11.3 Å². The van der Waals surface area contributed by atoms with Crippen LogP contribution in [0.1, 0.15) is 0 Å². The molecule has 2 N–H and O–H groups in total. The fourth-order valence-electron chi connectivity index (χ4n) is 1.13. The van der Waals surface area contributed by atoms with Crippen LogP contribution in [0.25, 0.3) is 11.4 Å². The Labute approximate surface area is 74.5 Å². The van der Waals surface area contributed by atoms with Crippen molar-refractivity contribution in [2.75, 3.05) is 5.73 Å². The molecule has 0 radical (unpaired) electrons. The normalized spacial score (nSPS) is 10.4. The minimum atomic E-state index is 0.617. The SMILES string of the molecule is Cn1cccc1-c1csc(N)n1. The number of thiazole rings is 1. The molecule has 0 atom stereocenters. The van der Waals surface area contributed by atoms with Crippen LogP contribution >= 0.6 is 11.3 Å². The number of hydrogen-bond acceptors (Lipinski definition) is 3. The molecule has 0 aliphatic heterocycles. The topological polar surface area (TPSA) is 43.8 Å². The van der Waals surface area contributed by atoms with Crippen molar-refractivity contribution in [2.24, 2.45) is 7.05 Å². The highest BCUT2D eigenvalue weighted by Crippen LogP contribution is 2.22. The second kappa shape index (κ2) is 2.64. The van der Waals surface area contributed by atoms with Crippen LogP contribution in [-0.4, -0.2) is 9.55 Å². The van der Waals surface area contributed by atoms with Crippen molar-refractivity contribution in [2.45, 2.75) is 0 Å². The number of rotatable bonds is 1. The molecule has 0 unspecified atom stereocenters. The Morgan fingerprint density at radius 3 is 2.92 bits per heavy atom. The summed E-state index contributed by atoms with van der Waals surface area (Å²) < 4.78 is 2.02. The van der Waals surface area contributed by atoms with Gasteiger partial charge in [0.15, 0.2) is 5.13 Å². The number of nitrogens with two attached hydrogens (primary N) is 1. The van der Waals surface area contributed by atoms with Crippen molar-refractivity contribution >= 4 is 16.5 Å². The van der Waals surface area contributed by atoms with Crippen molar-refractivity contribution in [3.8, 4) is 11.4 Å². The number of nitrogen functional groups attached to an aromatic ring is 1. The summed E-state index contributed by atoms with van der Waals surface area (Å²) in [6.07, 6.45) is 1.99. The zero-order valence-corrected chi connectivity index (χ0v) is 7.51. The summed E-state index contributed by atoms with van der Waals surface area (Å²) in [6, 6.07) is 4.01. The molecule has 0 aromatic carbocycles. The van der Waals surface area contributed by atoms with E-state index in [9.17, 15) is 0 Å². The van der Waals surface area contributed by atoms with Crippen molar-refractivity contribution in [1.29, 1.82) is 0 Å². The lowest BCUT2D eigenvalue weighted by Gasteiger charge is -1.96. The number of hydrogen-bond donors (Lipinski definition) is 1. The first-order valence-corrected chi connectivity index (χ1v) is 4.48. The monoisotopic (exact) mass is 179 g/mol. The van der Waals surface area contributed by atoms with E-state index in [2.05, 4.69) is 4.98 Å². The van der Waals surface area contributed by atoms with Crippen LogP contribution in [0.3, 0.4) is 0 Å². The van der Waals surface area contributed by atoms with Crippen LogP contribution in [0.4, 0.5) is 5.13 Å². The van der Waals surface area contributed by atoms with E-state index in [0.29, 0.717) is 5.13 Å². The van der Waals surface area contributed by atoms with E-state index < -0.39 is 0 Å². The largest absolute Gasteiger partial charge is 0.375 e. The van der Waals surface area contributed by atoms with Gasteiger partial charge >= 0.3 is 0 Å². The van der Waals surface area contributed by atoms with Gasteiger partial charge in [0.25, 0.3) is 0 Å². The van der Waals surface area contributed by atoms with Gasteiger partial charge in [0.1, 0.15) is 0 Å². The number of aryl methyl sites for hydroxylation is 1. The molecule has 2 rings (SSSR count). The lowest BCUT2D eigenvalue weighted by Crippen LogP contribution is -1.89. The molecule has 12 heavy (non-hydrogen) atoms. The highest BCUT2D eigenvalue weighted by molar-refractivity contribution is 7.13. The van der Waals surface area contributed by atoms with Crippen LogP contribution in [0.2, 0.25) is 0 Å². The molecule has 4 heteroatoms. The Morgan fingerprint density at radius 1 is 1.58 bits per heavy atom. The summed E-state index contributed by atoms with van der Waals surface area (Å²) in [7, 11) is 1.99. The maximum Gasteiger partial charge on any atom is 0.180 e. The lowest BCUT2D eigenvalue weighted by molar-refractivity contribution is 0.933.